The molecule has 0 saturated heterocycles. The molecule has 0 aliphatic carbocycles. The van der Waals surface area contributed by atoms with Gasteiger partial charge in [0, 0.05) is 29.4 Å². The predicted octanol–water partition coefficient (Wildman–Crippen LogP) is 1.62. The first-order valence-corrected chi connectivity index (χ1v) is 6.75. The average Bonchev–Trinajstić information content (AvgIpc) is 2.81. The van der Waals surface area contributed by atoms with Crippen LogP contribution in [0.25, 0.3) is 5.69 Å². The topological polar surface area (TPSA) is 58.7 Å². The van der Waals surface area contributed by atoms with Gasteiger partial charge in [0.25, 0.3) is 0 Å². The molecule has 0 aliphatic rings. The molecular formula is C12H11N3OS. The number of nitrogens with zero attached hydrogens (tertiary/aromatic N) is 3. The number of aromatic nitrogens is 2. The van der Waals surface area contributed by atoms with Crippen LogP contribution in [-0.4, -0.2) is 20.0 Å². The fourth-order valence-corrected chi connectivity index (χ4v) is 2.31. The fraction of sp³-hybridized carbons (Fsp3) is 0.167. The van der Waals surface area contributed by atoms with E-state index < -0.39 is 10.8 Å². The highest BCUT2D eigenvalue weighted by Crippen LogP contribution is 2.17. The van der Waals surface area contributed by atoms with Crippen LogP contribution in [0, 0.1) is 11.3 Å². The normalized spacial score (nSPS) is 12.0. The number of nitriles is 1. The highest BCUT2D eigenvalue weighted by Gasteiger charge is 2.07. The summed E-state index contributed by atoms with van der Waals surface area (Å²) in [5.41, 5.74) is 2.38. The van der Waals surface area contributed by atoms with Crippen molar-refractivity contribution in [2.75, 3.05) is 6.26 Å². The van der Waals surface area contributed by atoms with E-state index in [0.29, 0.717) is 11.3 Å². The Kier molecular flexibility index (Phi) is 3.35. The Bertz CT molecular complexity index is 584. The molecule has 1 unspecified atom stereocenters. The Morgan fingerprint density at radius 1 is 1.53 bits per heavy atom. The van der Waals surface area contributed by atoms with Crippen molar-refractivity contribution in [1.29, 1.82) is 5.26 Å². The van der Waals surface area contributed by atoms with Crippen molar-refractivity contribution in [1.82, 2.24) is 9.55 Å². The van der Waals surface area contributed by atoms with E-state index in [9.17, 15) is 4.21 Å². The summed E-state index contributed by atoms with van der Waals surface area (Å²) in [4.78, 5) is 3.98. The van der Waals surface area contributed by atoms with Gasteiger partial charge in [-0.1, -0.05) is 0 Å². The van der Waals surface area contributed by atoms with Crippen molar-refractivity contribution in [3.63, 3.8) is 0 Å². The lowest BCUT2D eigenvalue weighted by molar-refractivity contribution is 0.686. The molecule has 1 heterocycles. The smallest absolute Gasteiger partial charge is 0.0991 e. The lowest BCUT2D eigenvalue weighted by Crippen LogP contribution is -2.01. The molecule has 17 heavy (non-hydrogen) atoms. The van der Waals surface area contributed by atoms with Crippen molar-refractivity contribution in [3.05, 3.63) is 48.0 Å². The van der Waals surface area contributed by atoms with E-state index in [0.717, 1.165) is 11.3 Å². The molecule has 0 bridgehead atoms. The van der Waals surface area contributed by atoms with E-state index in [4.69, 9.17) is 5.26 Å². The highest BCUT2D eigenvalue weighted by atomic mass is 32.2. The summed E-state index contributed by atoms with van der Waals surface area (Å²) in [7, 11) is -0.942. The molecule has 4 nitrogen and oxygen atoms in total. The lowest BCUT2D eigenvalue weighted by atomic mass is 10.1. The molecule has 0 aliphatic heterocycles. The SMILES string of the molecule is CS(=O)Cc1cc(C#N)ccc1-n1ccnc1. The van der Waals surface area contributed by atoms with Crippen molar-refractivity contribution >= 4 is 10.8 Å². The second kappa shape index (κ2) is 4.93. The zero-order chi connectivity index (χ0) is 12.3. The van der Waals surface area contributed by atoms with Crippen molar-refractivity contribution in [2.24, 2.45) is 0 Å². The second-order valence-corrected chi connectivity index (χ2v) is 5.08. The summed E-state index contributed by atoms with van der Waals surface area (Å²) in [6.45, 7) is 0. The van der Waals surface area contributed by atoms with Crippen LogP contribution in [0.15, 0.2) is 36.9 Å². The van der Waals surface area contributed by atoms with E-state index in [1.54, 1.807) is 30.9 Å². The first kappa shape index (κ1) is 11.6. The maximum atomic E-state index is 11.3. The van der Waals surface area contributed by atoms with Gasteiger partial charge in [0.15, 0.2) is 0 Å². The summed E-state index contributed by atoms with van der Waals surface area (Å²) < 4.78 is 13.2. The molecule has 0 amide bonds. The van der Waals surface area contributed by atoms with E-state index in [2.05, 4.69) is 11.1 Å². The van der Waals surface area contributed by atoms with Crippen molar-refractivity contribution in [3.8, 4) is 11.8 Å². The number of hydrogen-bond acceptors (Lipinski definition) is 3. The van der Waals surface area contributed by atoms with Gasteiger partial charge in [-0.3, -0.25) is 4.21 Å². The monoisotopic (exact) mass is 245 g/mol. The van der Waals surface area contributed by atoms with E-state index in [1.165, 1.54) is 0 Å². The molecule has 2 aromatic rings. The van der Waals surface area contributed by atoms with E-state index in [-0.39, 0.29) is 0 Å². The minimum atomic E-state index is -0.942. The minimum absolute atomic E-state index is 0.434. The molecule has 0 N–H and O–H groups in total. The molecule has 0 saturated carbocycles. The first-order chi connectivity index (χ1) is 8.20. The van der Waals surface area contributed by atoms with Gasteiger partial charge in [0.05, 0.1) is 29.4 Å². The van der Waals surface area contributed by atoms with Gasteiger partial charge in [-0.25, -0.2) is 4.98 Å². The largest absolute Gasteiger partial charge is 0.306 e. The summed E-state index contributed by atoms with van der Waals surface area (Å²) in [5, 5.41) is 8.87. The van der Waals surface area contributed by atoms with Crippen LogP contribution in [-0.2, 0) is 16.6 Å². The quantitative estimate of drug-likeness (QED) is 0.825. The van der Waals surface area contributed by atoms with Gasteiger partial charge in [0.2, 0.25) is 0 Å². The summed E-state index contributed by atoms with van der Waals surface area (Å²) in [5.74, 6) is 0.434. The summed E-state index contributed by atoms with van der Waals surface area (Å²) in [6.07, 6.45) is 6.84. The number of benzene rings is 1. The molecule has 0 radical (unpaired) electrons. The Hall–Kier alpha value is -1.93. The van der Waals surface area contributed by atoms with Gasteiger partial charge in [-0.05, 0) is 23.8 Å². The highest BCUT2D eigenvalue weighted by molar-refractivity contribution is 7.83. The molecule has 0 spiro atoms. The summed E-state index contributed by atoms with van der Waals surface area (Å²) >= 11 is 0. The van der Waals surface area contributed by atoms with E-state index >= 15 is 0 Å². The minimum Gasteiger partial charge on any atom is -0.306 e. The molecule has 1 aromatic carbocycles. The first-order valence-electron chi connectivity index (χ1n) is 5.02. The Balaban J connectivity index is 2.51. The zero-order valence-electron chi connectivity index (χ0n) is 9.33. The number of rotatable bonds is 3. The third kappa shape index (κ3) is 2.60. The Morgan fingerprint density at radius 3 is 2.94 bits per heavy atom. The van der Waals surface area contributed by atoms with Crippen LogP contribution in [0.4, 0.5) is 0 Å². The van der Waals surface area contributed by atoms with Gasteiger partial charge >= 0.3 is 0 Å². The van der Waals surface area contributed by atoms with E-state index in [1.807, 2.05) is 16.8 Å². The molecular weight excluding hydrogens is 234 g/mol. The molecule has 1 atom stereocenters. The van der Waals surface area contributed by atoms with Crippen LogP contribution in [0.5, 0.6) is 0 Å². The number of imidazole rings is 1. The van der Waals surface area contributed by atoms with Crippen LogP contribution in [0.3, 0.4) is 0 Å². The Morgan fingerprint density at radius 2 is 2.35 bits per heavy atom. The standard InChI is InChI=1S/C12H11N3OS/c1-17(16)8-11-6-10(7-13)2-3-12(11)15-5-4-14-9-15/h2-6,9H,8H2,1H3. The molecule has 2 rings (SSSR count). The number of hydrogen-bond donors (Lipinski definition) is 0. The second-order valence-electron chi connectivity index (χ2n) is 3.64. The summed E-state index contributed by atoms with van der Waals surface area (Å²) in [6, 6.07) is 7.46. The van der Waals surface area contributed by atoms with Gasteiger partial charge < -0.3 is 4.57 Å². The lowest BCUT2D eigenvalue weighted by Gasteiger charge is -2.09. The van der Waals surface area contributed by atoms with Gasteiger partial charge in [0.1, 0.15) is 0 Å². The average molecular weight is 245 g/mol. The maximum Gasteiger partial charge on any atom is 0.0991 e. The van der Waals surface area contributed by atoms with Crippen LogP contribution in [0.1, 0.15) is 11.1 Å². The van der Waals surface area contributed by atoms with Gasteiger partial charge in [-0.15, -0.1) is 0 Å². The van der Waals surface area contributed by atoms with Crippen molar-refractivity contribution in [2.45, 2.75) is 5.75 Å². The maximum absolute atomic E-state index is 11.3. The molecule has 0 fully saturated rings. The molecule has 86 valence electrons. The third-order valence-electron chi connectivity index (χ3n) is 2.35. The van der Waals surface area contributed by atoms with Gasteiger partial charge in [-0.2, -0.15) is 5.26 Å². The Labute approximate surface area is 102 Å². The fourth-order valence-electron chi connectivity index (χ4n) is 1.64. The van der Waals surface area contributed by atoms with Crippen molar-refractivity contribution < 1.29 is 4.21 Å². The third-order valence-corrected chi connectivity index (χ3v) is 3.07. The van der Waals surface area contributed by atoms with Crippen LogP contribution < -0.4 is 0 Å². The molecule has 1 aromatic heterocycles. The predicted molar refractivity (Wildman–Crippen MR) is 66.0 cm³/mol. The molecule has 5 heteroatoms. The van der Waals surface area contributed by atoms with Crippen LogP contribution >= 0.6 is 0 Å². The van der Waals surface area contributed by atoms with Crippen LogP contribution in [0.2, 0.25) is 0 Å². The zero-order valence-corrected chi connectivity index (χ0v) is 10.1.